The lowest BCUT2D eigenvalue weighted by molar-refractivity contribution is -0.121. The number of carbonyl (C=O) groups excluding carboxylic acids is 1. The smallest absolute Gasteiger partial charge is 0.267 e. The van der Waals surface area contributed by atoms with Crippen LogP contribution in [-0.2, 0) is 11.2 Å². The molecule has 2 aromatic rings. The minimum atomic E-state index is -0.487. The van der Waals surface area contributed by atoms with E-state index in [0.29, 0.717) is 16.8 Å². The molecule has 2 rings (SSSR count). The van der Waals surface area contributed by atoms with Crippen LogP contribution in [0.5, 0.6) is 5.75 Å². The minimum absolute atomic E-state index is 0.0341. The van der Waals surface area contributed by atoms with Gasteiger partial charge in [-0.25, -0.2) is 4.39 Å². The van der Waals surface area contributed by atoms with Crippen molar-refractivity contribution in [3.63, 3.8) is 0 Å². The first kappa shape index (κ1) is 15.8. The number of aryl methyl sites for hydroxylation is 1. The number of rotatable bonds is 5. The number of H-pyrrole nitrogens is 2. The summed E-state index contributed by atoms with van der Waals surface area (Å²) in [5.41, 5.74) is 1.33. The Kier molecular flexibility index (Phi) is 4.65. The molecule has 0 radical (unpaired) electrons. The molecule has 1 amide bonds. The van der Waals surface area contributed by atoms with Crippen molar-refractivity contribution in [3.05, 3.63) is 51.2 Å². The van der Waals surface area contributed by atoms with Gasteiger partial charge in [0.05, 0.1) is 19.6 Å². The first-order valence-electron chi connectivity index (χ1n) is 6.81. The second-order valence-corrected chi connectivity index (χ2v) is 5.04. The molecule has 22 heavy (non-hydrogen) atoms. The van der Waals surface area contributed by atoms with E-state index in [0.717, 1.165) is 0 Å². The van der Waals surface area contributed by atoms with Crippen LogP contribution in [0, 0.1) is 12.7 Å². The molecular formula is C15H18FN3O3. The number of carbonyl (C=O) groups is 1. The van der Waals surface area contributed by atoms with Gasteiger partial charge >= 0.3 is 0 Å². The molecule has 118 valence electrons. The van der Waals surface area contributed by atoms with E-state index in [-0.39, 0.29) is 29.7 Å². The predicted octanol–water partition coefficient (Wildman–Crippen LogP) is 1.58. The van der Waals surface area contributed by atoms with Crippen molar-refractivity contribution < 1.29 is 13.9 Å². The number of amides is 1. The maximum Gasteiger partial charge on any atom is 0.267 e. The zero-order valence-corrected chi connectivity index (χ0v) is 12.6. The summed E-state index contributed by atoms with van der Waals surface area (Å²) in [6, 6.07) is 4.12. The van der Waals surface area contributed by atoms with Crippen molar-refractivity contribution in [2.45, 2.75) is 26.3 Å². The van der Waals surface area contributed by atoms with Crippen LogP contribution in [-0.4, -0.2) is 23.2 Å². The molecule has 1 aromatic heterocycles. The van der Waals surface area contributed by atoms with Gasteiger partial charge in [0.2, 0.25) is 5.91 Å². The van der Waals surface area contributed by atoms with E-state index in [1.807, 2.05) is 0 Å². The van der Waals surface area contributed by atoms with Crippen LogP contribution in [0.2, 0.25) is 0 Å². The summed E-state index contributed by atoms with van der Waals surface area (Å²) in [7, 11) is 1.39. The Bertz CT molecular complexity index is 736. The third kappa shape index (κ3) is 3.36. The Labute approximate surface area is 126 Å². The van der Waals surface area contributed by atoms with Crippen molar-refractivity contribution in [2.75, 3.05) is 7.11 Å². The number of nitrogens with one attached hydrogen (secondary N) is 3. The fourth-order valence-electron chi connectivity index (χ4n) is 2.17. The summed E-state index contributed by atoms with van der Waals surface area (Å²) in [6.45, 7) is 3.45. The molecule has 1 heterocycles. The molecule has 1 unspecified atom stereocenters. The molecule has 1 atom stereocenters. The van der Waals surface area contributed by atoms with Crippen LogP contribution in [0.15, 0.2) is 23.0 Å². The Morgan fingerprint density at radius 3 is 2.68 bits per heavy atom. The largest absolute Gasteiger partial charge is 0.494 e. The van der Waals surface area contributed by atoms with Crippen LogP contribution in [0.25, 0.3) is 0 Å². The molecule has 0 aliphatic carbocycles. The van der Waals surface area contributed by atoms with Gasteiger partial charge in [0.15, 0.2) is 11.6 Å². The topological polar surface area (TPSA) is 87.0 Å². The van der Waals surface area contributed by atoms with Gasteiger partial charge in [-0.3, -0.25) is 14.7 Å². The summed E-state index contributed by atoms with van der Waals surface area (Å²) in [6.07, 6.45) is -0.0341. The third-order valence-electron chi connectivity index (χ3n) is 3.48. The number of aromatic nitrogens is 2. The van der Waals surface area contributed by atoms with Gasteiger partial charge in [-0.05, 0) is 31.5 Å². The van der Waals surface area contributed by atoms with E-state index in [1.54, 1.807) is 19.9 Å². The van der Waals surface area contributed by atoms with E-state index in [9.17, 15) is 14.0 Å². The number of aromatic amines is 2. The van der Waals surface area contributed by atoms with Crippen molar-refractivity contribution in [1.82, 2.24) is 15.5 Å². The maximum atomic E-state index is 13.7. The number of benzene rings is 1. The van der Waals surface area contributed by atoms with Crippen molar-refractivity contribution in [1.29, 1.82) is 0 Å². The van der Waals surface area contributed by atoms with Crippen LogP contribution < -0.4 is 15.6 Å². The quantitative estimate of drug-likeness (QED) is 0.784. The van der Waals surface area contributed by atoms with Gasteiger partial charge in [-0.15, -0.1) is 0 Å². The van der Waals surface area contributed by atoms with E-state index >= 15 is 0 Å². The first-order valence-corrected chi connectivity index (χ1v) is 6.81. The first-order chi connectivity index (χ1) is 10.4. The molecule has 6 nitrogen and oxygen atoms in total. The van der Waals surface area contributed by atoms with E-state index in [4.69, 9.17) is 4.74 Å². The van der Waals surface area contributed by atoms with E-state index < -0.39 is 5.82 Å². The molecule has 0 fully saturated rings. The molecular weight excluding hydrogens is 289 g/mol. The number of methoxy groups -OCH3 is 1. The Morgan fingerprint density at radius 2 is 2.14 bits per heavy atom. The van der Waals surface area contributed by atoms with Crippen LogP contribution in [0.3, 0.4) is 0 Å². The number of ether oxygens (including phenoxy) is 1. The Hall–Kier alpha value is -2.57. The molecule has 0 saturated heterocycles. The highest BCUT2D eigenvalue weighted by atomic mass is 19.1. The number of hydrogen-bond acceptors (Lipinski definition) is 3. The molecule has 0 bridgehead atoms. The summed E-state index contributed by atoms with van der Waals surface area (Å²) in [5.74, 6) is -0.646. The standard InChI is InChI=1S/C15H18FN3O3/c1-8(10-4-5-13(22-3)12(16)6-10)17-14(20)7-11-9(2)18-19-15(11)21/h4-6,8H,7H2,1-3H3,(H,17,20)(H2,18,19,21). The molecule has 0 aliphatic heterocycles. The average molecular weight is 307 g/mol. The minimum Gasteiger partial charge on any atom is -0.494 e. The third-order valence-corrected chi connectivity index (χ3v) is 3.48. The summed E-state index contributed by atoms with van der Waals surface area (Å²) in [5, 5.41) is 7.83. The lowest BCUT2D eigenvalue weighted by atomic mass is 10.1. The molecule has 0 aliphatic rings. The molecule has 7 heteroatoms. The Balaban J connectivity index is 2.05. The Morgan fingerprint density at radius 1 is 1.41 bits per heavy atom. The molecule has 0 saturated carbocycles. The van der Waals surface area contributed by atoms with Crippen molar-refractivity contribution >= 4 is 5.91 Å². The van der Waals surface area contributed by atoms with Crippen LogP contribution >= 0.6 is 0 Å². The lowest BCUT2D eigenvalue weighted by Crippen LogP contribution is -2.29. The van der Waals surface area contributed by atoms with E-state index in [1.165, 1.54) is 19.2 Å². The average Bonchev–Trinajstić information content (AvgIpc) is 2.79. The SMILES string of the molecule is COc1ccc(C(C)NC(=O)Cc2c(C)[nH][nH]c2=O)cc1F. The predicted molar refractivity (Wildman–Crippen MR) is 79.4 cm³/mol. The molecule has 1 aromatic carbocycles. The van der Waals surface area contributed by atoms with E-state index in [2.05, 4.69) is 15.5 Å². The van der Waals surface area contributed by atoms with Gasteiger partial charge in [-0.1, -0.05) is 6.07 Å². The van der Waals surface area contributed by atoms with Crippen molar-refractivity contribution in [3.8, 4) is 5.75 Å². The number of halogens is 1. The highest BCUT2D eigenvalue weighted by Crippen LogP contribution is 2.21. The molecule has 0 spiro atoms. The van der Waals surface area contributed by atoms with Crippen LogP contribution in [0.4, 0.5) is 4.39 Å². The summed E-state index contributed by atoms with van der Waals surface area (Å²) in [4.78, 5) is 23.5. The number of hydrogen-bond donors (Lipinski definition) is 3. The lowest BCUT2D eigenvalue weighted by Gasteiger charge is -2.15. The van der Waals surface area contributed by atoms with Crippen LogP contribution in [0.1, 0.15) is 29.8 Å². The maximum absolute atomic E-state index is 13.7. The van der Waals surface area contributed by atoms with Crippen molar-refractivity contribution in [2.24, 2.45) is 0 Å². The normalized spacial score (nSPS) is 12.0. The van der Waals surface area contributed by atoms with Gasteiger partial charge < -0.3 is 15.2 Å². The van der Waals surface area contributed by atoms with Gasteiger partial charge in [0, 0.05) is 11.3 Å². The zero-order valence-electron chi connectivity index (χ0n) is 12.6. The highest BCUT2D eigenvalue weighted by Gasteiger charge is 2.15. The second-order valence-electron chi connectivity index (χ2n) is 5.04. The van der Waals surface area contributed by atoms with Gasteiger partial charge in [-0.2, -0.15) is 0 Å². The highest BCUT2D eigenvalue weighted by molar-refractivity contribution is 5.79. The van der Waals surface area contributed by atoms with Gasteiger partial charge in [0.25, 0.3) is 5.56 Å². The summed E-state index contributed by atoms with van der Waals surface area (Å²) >= 11 is 0. The zero-order chi connectivity index (χ0) is 16.3. The molecule has 3 N–H and O–H groups in total. The fourth-order valence-corrected chi connectivity index (χ4v) is 2.17. The summed E-state index contributed by atoms with van der Waals surface area (Å²) < 4.78 is 18.5. The van der Waals surface area contributed by atoms with Gasteiger partial charge in [0.1, 0.15) is 0 Å². The monoisotopic (exact) mass is 307 g/mol. The fraction of sp³-hybridized carbons (Fsp3) is 0.333. The second kappa shape index (κ2) is 6.46.